The molecule has 0 bridgehead atoms. The molecule has 0 amide bonds. The van der Waals surface area contributed by atoms with E-state index in [9.17, 15) is 0 Å². The third-order valence-electron chi connectivity index (χ3n) is 2.85. The zero-order chi connectivity index (χ0) is 11.5. The van der Waals surface area contributed by atoms with Gasteiger partial charge in [0, 0.05) is 13.1 Å². The van der Waals surface area contributed by atoms with Crippen molar-refractivity contribution in [1.29, 1.82) is 5.26 Å². The first-order valence-electron chi connectivity index (χ1n) is 5.72. The van der Waals surface area contributed by atoms with Crippen molar-refractivity contribution in [2.45, 2.75) is 46.3 Å². The zero-order valence-electron chi connectivity index (χ0n) is 10.3. The van der Waals surface area contributed by atoms with E-state index in [4.69, 9.17) is 10.00 Å². The molecule has 1 aliphatic heterocycles. The Morgan fingerprint density at radius 3 is 2.33 bits per heavy atom. The lowest BCUT2D eigenvalue weighted by atomic mass is 9.91. The molecule has 0 aromatic heterocycles. The lowest BCUT2D eigenvalue weighted by Crippen LogP contribution is -2.46. The molecule has 1 rings (SSSR count). The van der Waals surface area contributed by atoms with E-state index in [1.807, 2.05) is 13.8 Å². The Labute approximate surface area is 93.0 Å². The Balaban J connectivity index is 2.36. The van der Waals surface area contributed by atoms with Crippen LogP contribution in [0.2, 0.25) is 0 Å². The predicted octanol–water partition coefficient (Wildman–Crippen LogP) is 2.04. The molecule has 2 atom stereocenters. The van der Waals surface area contributed by atoms with Gasteiger partial charge in [-0.1, -0.05) is 0 Å². The van der Waals surface area contributed by atoms with Crippen molar-refractivity contribution in [3.63, 3.8) is 0 Å². The minimum atomic E-state index is -0.204. The highest BCUT2D eigenvalue weighted by Crippen LogP contribution is 2.20. The van der Waals surface area contributed by atoms with Gasteiger partial charge in [-0.2, -0.15) is 5.26 Å². The molecule has 1 heterocycles. The van der Waals surface area contributed by atoms with Crippen LogP contribution in [0.5, 0.6) is 0 Å². The first-order chi connectivity index (χ1) is 6.93. The van der Waals surface area contributed by atoms with Gasteiger partial charge < -0.3 is 4.74 Å². The summed E-state index contributed by atoms with van der Waals surface area (Å²) in [6.45, 7) is 11.2. The van der Waals surface area contributed by atoms with Gasteiger partial charge in [-0.25, -0.2) is 0 Å². The Hall–Kier alpha value is -0.590. The molecule has 3 heteroatoms. The highest BCUT2D eigenvalue weighted by atomic mass is 16.5. The second-order valence-corrected chi connectivity index (χ2v) is 5.26. The molecule has 15 heavy (non-hydrogen) atoms. The van der Waals surface area contributed by atoms with Crippen LogP contribution in [0.15, 0.2) is 0 Å². The number of hydrogen-bond donors (Lipinski definition) is 0. The van der Waals surface area contributed by atoms with E-state index < -0.39 is 0 Å². The van der Waals surface area contributed by atoms with Gasteiger partial charge in [0.1, 0.15) is 0 Å². The zero-order valence-corrected chi connectivity index (χ0v) is 10.3. The predicted molar refractivity (Wildman–Crippen MR) is 60.5 cm³/mol. The molecule has 1 saturated heterocycles. The molecule has 2 unspecified atom stereocenters. The van der Waals surface area contributed by atoms with Crippen LogP contribution in [0.1, 0.15) is 34.1 Å². The van der Waals surface area contributed by atoms with Crippen LogP contribution in [-0.4, -0.2) is 36.7 Å². The molecule has 0 aromatic carbocycles. The van der Waals surface area contributed by atoms with Gasteiger partial charge in [-0.3, -0.25) is 4.90 Å². The van der Waals surface area contributed by atoms with Crippen LogP contribution in [0, 0.1) is 16.7 Å². The minimum Gasteiger partial charge on any atom is -0.373 e. The van der Waals surface area contributed by atoms with Gasteiger partial charge in [0.15, 0.2) is 0 Å². The van der Waals surface area contributed by atoms with Gasteiger partial charge in [-0.15, -0.1) is 0 Å². The third-order valence-corrected chi connectivity index (χ3v) is 2.85. The van der Waals surface area contributed by atoms with Crippen molar-refractivity contribution in [2.75, 3.05) is 19.6 Å². The molecule has 0 aliphatic carbocycles. The molecule has 1 fully saturated rings. The largest absolute Gasteiger partial charge is 0.373 e. The molecule has 0 N–H and O–H groups in total. The van der Waals surface area contributed by atoms with Crippen LogP contribution in [-0.2, 0) is 4.74 Å². The molecule has 0 saturated carbocycles. The van der Waals surface area contributed by atoms with Gasteiger partial charge in [0.05, 0.1) is 23.7 Å². The lowest BCUT2D eigenvalue weighted by Gasteiger charge is -2.36. The second kappa shape index (κ2) is 4.96. The van der Waals surface area contributed by atoms with Crippen molar-refractivity contribution in [3.05, 3.63) is 0 Å². The quantitative estimate of drug-likeness (QED) is 0.715. The summed E-state index contributed by atoms with van der Waals surface area (Å²) in [6, 6.07) is 2.35. The number of rotatable bonds is 3. The fraction of sp³-hybridized carbons (Fsp3) is 0.917. The summed E-state index contributed by atoms with van der Waals surface area (Å²) in [5.74, 6) is 0. The van der Waals surface area contributed by atoms with E-state index in [2.05, 4.69) is 24.8 Å². The topological polar surface area (TPSA) is 36.3 Å². The summed E-state index contributed by atoms with van der Waals surface area (Å²) in [7, 11) is 0. The van der Waals surface area contributed by atoms with Crippen molar-refractivity contribution in [1.82, 2.24) is 4.90 Å². The molecular weight excluding hydrogens is 188 g/mol. The Kier molecular flexibility index (Phi) is 4.12. The van der Waals surface area contributed by atoms with Crippen LogP contribution < -0.4 is 0 Å². The molecular formula is C12H22N2O. The van der Waals surface area contributed by atoms with E-state index in [1.54, 1.807) is 0 Å². The normalized spacial score (nSPS) is 28.7. The Bertz CT molecular complexity index is 234. The summed E-state index contributed by atoms with van der Waals surface area (Å²) >= 11 is 0. The Morgan fingerprint density at radius 2 is 1.87 bits per heavy atom. The summed E-state index contributed by atoms with van der Waals surface area (Å²) < 4.78 is 5.67. The third kappa shape index (κ3) is 4.19. The number of ether oxygens (including phenoxy) is 1. The van der Waals surface area contributed by atoms with Crippen molar-refractivity contribution < 1.29 is 4.74 Å². The van der Waals surface area contributed by atoms with E-state index in [0.717, 1.165) is 26.1 Å². The molecule has 0 radical (unpaired) electrons. The van der Waals surface area contributed by atoms with Gasteiger partial charge in [-0.05, 0) is 40.7 Å². The fourth-order valence-corrected chi connectivity index (χ4v) is 1.96. The van der Waals surface area contributed by atoms with E-state index in [0.29, 0.717) is 12.2 Å². The fourth-order valence-electron chi connectivity index (χ4n) is 1.96. The number of morpholine rings is 1. The van der Waals surface area contributed by atoms with Gasteiger partial charge in [0.25, 0.3) is 0 Å². The molecule has 86 valence electrons. The average Bonchev–Trinajstić information content (AvgIpc) is 2.14. The summed E-state index contributed by atoms with van der Waals surface area (Å²) in [6.07, 6.45) is 1.57. The summed E-state index contributed by atoms with van der Waals surface area (Å²) in [5.41, 5.74) is -0.204. The first kappa shape index (κ1) is 12.5. The van der Waals surface area contributed by atoms with E-state index in [1.165, 1.54) is 0 Å². The molecule has 3 nitrogen and oxygen atoms in total. The van der Waals surface area contributed by atoms with Crippen molar-refractivity contribution in [3.8, 4) is 6.07 Å². The number of hydrogen-bond acceptors (Lipinski definition) is 3. The van der Waals surface area contributed by atoms with Crippen LogP contribution >= 0.6 is 0 Å². The smallest absolute Gasteiger partial charge is 0.0684 e. The maximum Gasteiger partial charge on any atom is 0.0684 e. The first-order valence-corrected chi connectivity index (χ1v) is 5.72. The van der Waals surface area contributed by atoms with E-state index >= 15 is 0 Å². The minimum absolute atomic E-state index is 0.204. The number of nitrogens with zero attached hydrogens (tertiary/aromatic N) is 2. The lowest BCUT2D eigenvalue weighted by molar-refractivity contribution is -0.0693. The maximum atomic E-state index is 8.93. The SMILES string of the molecule is CC1CN(CCC(C)(C)C#N)CC(C)O1. The molecule has 1 aliphatic rings. The van der Waals surface area contributed by atoms with Crippen molar-refractivity contribution >= 4 is 0 Å². The molecule has 0 aromatic rings. The summed E-state index contributed by atoms with van der Waals surface area (Å²) in [4.78, 5) is 2.40. The van der Waals surface area contributed by atoms with Gasteiger partial charge >= 0.3 is 0 Å². The maximum absolute atomic E-state index is 8.93. The Morgan fingerprint density at radius 1 is 1.33 bits per heavy atom. The average molecular weight is 210 g/mol. The van der Waals surface area contributed by atoms with Gasteiger partial charge in [0.2, 0.25) is 0 Å². The van der Waals surface area contributed by atoms with Crippen LogP contribution in [0.3, 0.4) is 0 Å². The highest BCUT2D eigenvalue weighted by molar-refractivity contribution is 4.92. The second-order valence-electron chi connectivity index (χ2n) is 5.26. The number of nitriles is 1. The van der Waals surface area contributed by atoms with Crippen molar-refractivity contribution in [2.24, 2.45) is 5.41 Å². The monoisotopic (exact) mass is 210 g/mol. The standard InChI is InChI=1S/C12H22N2O/c1-10-7-14(8-11(2)15-10)6-5-12(3,4)9-13/h10-11H,5-8H2,1-4H3. The van der Waals surface area contributed by atoms with Crippen LogP contribution in [0.25, 0.3) is 0 Å². The van der Waals surface area contributed by atoms with Crippen LogP contribution in [0.4, 0.5) is 0 Å². The highest BCUT2D eigenvalue weighted by Gasteiger charge is 2.24. The molecule has 0 spiro atoms. The van der Waals surface area contributed by atoms with E-state index in [-0.39, 0.29) is 5.41 Å². The summed E-state index contributed by atoms with van der Waals surface area (Å²) in [5, 5.41) is 8.93.